The SMILES string of the molecule is CC(CNC(=O)NCC1CCCOC1)C(=O)O. The summed E-state index contributed by atoms with van der Waals surface area (Å²) in [5.74, 6) is -1.11. The van der Waals surface area contributed by atoms with E-state index in [4.69, 9.17) is 9.84 Å². The Morgan fingerprint density at radius 3 is 2.82 bits per heavy atom. The number of nitrogens with one attached hydrogen (secondary N) is 2. The van der Waals surface area contributed by atoms with E-state index in [0.717, 1.165) is 19.4 Å². The van der Waals surface area contributed by atoms with Crippen molar-refractivity contribution in [3.8, 4) is 0 Å². The molecule has 1 heterocycles. The number of ether oxygens (including phenoxy) is 1. The molecule has 0 saturated carbocycles. The Balaban J connectivity index is 2.10. The third-order valence-corrected chi connectivity index (χ3v) is 2.80. The molecule has 2 amide bonds. The Hall–Kier alpha value is -1.30. The van der Waals surface area contributed by atoms with Crippen LogP contribution in [0.3, 0.4) is 0 Å². The van der Waals surface area contributed by atoms with Crippen molar-refractivity contribution in [2.24, 2.45) is 11.8 Å². The van der Waals surface area contributed by atoms with Crippen LogP contribution in [0.1, 0.15) is 19.8 Å². The van der Waals surface area contributed by atoms with Gasteiger partial charge in [0.25, 0.3) is 0 Å². The molecule has 0 spiro atoms. The number of aliphatic carboxylic acids is 1. The molecule has 2 unspecified atom stereocenters. The summed E-state index contributed by atoms with van der Waals surface area (Å²) >= 11 is 0. The molecule has 17 heavy (non-hydrogen) atoms. The van der Waals surface area contributed by atoms with E-state index in [0.29, 0.717) is 19.1 Å². The van der Waals surface area contributed by atoms with Gasteiger partial charge in [-0.25, -0.2) is 4.79 Å². The van der Waals surface area contributed by atoms with Gasteiger partial charge in [0.15, 0.2) is 0 Å². The Morgan fingerprint density at radius 2 is 2.24 bits per heavy atom. The lowest BCUT2D eigenvalue weighted by atomic mass is 10.0. The number of carboxylic acid groups (broad SMARTS) is 1. The van der Waals surface area contributed by atoms with Crippen molar-refractivity contribution < 1.29 is 19.4 Å². The fourth-order valence-electron chi connectivity index (χ4n) is 1.60. The molecule has 6 heteroatoms. The van der Waals surface area contributed by atoms with E-state index in [2.05, 4.69) is 10.6 Å². The maximum absolute atomic E-state index is 11.4. The van der Waals surface area contributed by atoms with Crippen LogP contribution in [0.4, 0.5) is 4.79 Å². The van der Waals surface area contributed by atoms with Crippen LogP contribution in [-0.2, 0) is 9.53 Å². The highest BCUT2D eigenvalue weighted by Crippen LogP contribution is 2.11. The molecule has 1 rings (SSSR count). The van der Waals surface area contributed by atoms with Crippen LogP contribution in [0, 0.1) is 11.8 Å². The highest BCUT2D eigenvalue weighted by atomic mass is 16.5. The topological polar surface area (TPSA) is 87.7 Å². The maximum atomic E-state index is 11.4. The molecular formula is C11H20N2O4. The van der Waals surface area contributed by atoms with Crippen molar-refractivity contribution in [2.45, 2.75) is 19.8 Å². The summed E-state index contributed by atoms with van der Waals surface area (Å²) in [6, 6.07) is -0.316. The molecule has 98 valence electrons. The first kappa shape index (κ1) is 13.8. The van der Waals surface area contributed by atoms with Crippen LogP contribution in [0.2, 0.25) is 0 Å². The first-order valence-electron chi connectivity index (χ1n) is 5.92. The third-order valence-electron chi connectivity index (χ3n) is 2.80. The minimum atomic E-state index is -0.911. The number of carbonyl (C=O) groups is 2. The zero-order chi connectivity index (χ0) is 12.7. The molecule has 0 bridgehead atoms. The molecule has 0 aliphatic carbocycles. The number of hydrogen-bond acceptors (Lipinski definition) is 3. The second kappa shape index (κ2) is 7.11. The van der Waals surface area contributed by atoms with Crippen molar-refractivity contribution in [1.29, 1.82) is 0 Å². The monoisotopic (exact) mass is 244 g/mol. The summed E-state index contributed by atoms with van der Waals surface area (Å²) in [5.41, 5.74) is 0. The average Bonchev–Trinajstić information content (AvgIpc) is 2.34. The van der Waals surface area contributed by atoms with E-state index in [1.165, 1.54) is 0 Å². The van der Waals surface area contributed by atoms with Crippen molar-refractivity contribution in [2.75, 3.05) is 26.3 Å². The number of carboxylic acids is 1. The molecule has 2 atom stereocenters. The lowest BCUT2D eigenvalue weighted by Crippen LogP contribution is -2.42. The van der Waals surface area contributed by atoms with Crippen molar-refractivity contribution in [3.63, 3.8) is 0 Å². The van der Waals surface area contributed by atoms with Gasteiger partial charge in [-0.15, -0.1) is 0 Å². The minimum absolute atomic E-state index is 0.141. The van der Waals surface area contributed by atoms with Gasteiger partial charge in [-0.3, -0.25) is 4.79 Å². The van der Waals surface area contributed by atoms with E-state index in [-0.39, 0.29) is 12.6 Å². The lowest BCUT2D eigenvalue weighted by Gasteiger charge is -2.22. The lowest BCUT2D eigenvalue weighted by molar-refractivity contribution is -0.140. The van der Waals surface area contributed by atoms with Gasteiger partial charge in [0.1, 0.15) is 0 Å². The maximum Gasteiger partial charge on any atom is 0.314 e. The second-order valence-electron chi connectivity index (χ2n) is 4.41. The van der Waals surface area contributed by atoms with Gasteiger partial charge < -0.3 is 20.5 Å². The third kappa shape index (κ3) is 5.53. The van der Waals surface area contributed by atoms with E-state index < -0.39 is 11.9 Å². The van der Waals surface area contributed by atoms with E-state index in [1.807, 2.05) is 0 Å². The van der Waals surface area contributed by atoms with Gasteiger partial charge in [0, 0.05) is 19.7 Å². The van der Waals surface area contributed by atoms with Gasteiger partial charge in [-0.2, -0.15) is 0 Å². The van der Waals surface area contributed by atoms with Crippen LogP contribution in [-0.4, -0.2) is 43.4 Å². The Morgan fingerprint density at radius 1 is 1.47 bits per heavy atom. The van der Waals surface area contributed by atoms with Gasteiger partial charge >= 0.3 is 12.0 Å². The Labute approximate surface area is 101 Å². The number of amides is 2. The van der Waals surface area contributed by atoms with E-state index in [1.54, 1.807) is 6.92 Å². The van der Waals surface area contributed by atoms with Crippen LogP contribution in [0.25, 0.3) is 0 Å². The highest BCUT2D eigenvalue weighted by Gasteiger charge is 2.15. The largest absolute Gasteiger partial charge is 0.481 e. The quantitative estimate of drug-likeness (QED) is 0.654. The molecular weight excluding hydrogens is 224 g/mol. The molecule has 3 N–H and O–H groups in total. The van der Waals surface area contributed by atoms with Crippen molar-refractivity contribution in [1.82, 2.24) is 10.6 Å². The zero-order valence-corrected chi connectivity index (χ0v) is 10.1. The molecule has 1 aliphatic rings. The summed E-state index contributed by atoms with van der Waals surface area (Å²) < 4.78 is 5.29. The van der Waals surface area contributed by atoms with Gasteiger partial charge in [-0.1, -0.05) is 6.92 Å². The van der Waals surface area contributed by atoms with Crippen LogP contribution < -0.4 is 10.6 Å². The number of urea groups is 1. The second-order valence-corrected chi connectivity index (χ2v) is 4.41. The first-order valence-corrected chi connectivity index (χ1v) is 5.92. The summed E-state index contributed by atoms with van der Waals surface area (Å²) in [7, 11) is 0. The van der Waals surface area contributed by atoms with Gasteiger partial charge in [0.2, 0.25) is 0 Å². The predicted molar refractivity (Wildman–Crippen MR) is 61.7 cm³/mol. The summed E-state index contributed by atoms with van der Waals surface area (Å²) in [4.78, 5) is 21.9. The highest BCUT2D eigenvalue weighted by molar-refractivity contribution is 5.75. The van der Waals surface area contributed by atoms with Crippen molar-refractivity contribution >= 4 is 12.0 Å². The summed E-state index contributed by atoms with van der Waals surface area (Å²) in [6.45, 7) is 3.76. The molecule has 0 aromatic carbocycles. The molecule has 1 fully saturated rings. The molecule has 1 saturated heterocycles. The fourth-order valence-corrected chi connectivity index (χ4v) is 1.60. The normalized spacial score (nSPS) is 21.6. The van der Waals surface area contributed by atoms with Crippen LogP contribution in [0.5, 0.6) is 0 Å². The predicted octanol–water partition coefficient (Wildman–Crippen LogP) is 0.433. The summed E-state index contributed by atoms with van der Waals surface area (Å²) in [5, 5.41) is 13.9. The molecule has 0 aromatic heterocycles. The molecule has 0 aromatic rings. The zero-order valence-electron chi connectivity index (χ0n) is 10.1. The van der Waals surface area contributed by atoms with E-state index >= 15 is 0 Å². The smallest absolute Gasteiger partial charge is 0.314 e. The molecule has 6 nitrogen and oxygen atoms in total. The number of carbonyl (C=O) groups excluding carboxylic acids is 1. The van der Waals surface area contributed by atoms with Gasteiger partial charge in [-0.05, 0) is 18.8 Å². The Kier molecular flexibility index (Phi) is 5.76. The average molecular weight is 244 g/mol. The van der Waals surface area contributed by atoms with E-state index in [9.17, 15) is 9.59 Å². The van der Waals surface area contributed by atoms with Gasteiger partial charge in [0.05, 0.1) is 12.5 Å². The first-order chi connectivity index (χ1) is 8.09. The van der Waals surface area contributed by atoms with Crippen LogP contribution in [0.15, 0.2) is 0 Å². The van der Waals surface area contributed by atoms with Crippen molar-refractivity contribution in [3.05, 3.63) is 0 Å². The minimum Gasteiger partial charge on any atom is -0.481 e. The molecule has 1 aliphatic heterocycles. The van der Waals surface area contributed by atoms with Crippen LogP contribution >= 0.6 is 0 Å². The summed E-state index contributed by atoms with van der Waals surface area (Å²) in [6.07, 6.45) is 2.09. The standard InChI is InChI=1S/C11H20N2O4/c1-8(10(14)15)5-12-11(16)13-6-9-3-2-4-17-7-9/h8-9H,2-7H2,1H3,(H,14,15)(H2,12,13,16). The Bertz CT molecular complexity index is 264. The number of hydrogen-bond donors (Lipinski definition) is 3. The molecule has 0 radical (unpaired) electrons. The number of rotatable bonds is 5. The fraction of sp³-hybridized carbons (Fsp3) is 0.818.